The van der Waals surface area contributed by atoms with Gasteiger partial charge in [-0.25, -0.2) is 0 Å². The minimum atomic E-state index is -3.67. The average Bonchev–Trinajstić information content (AvgIpc) is 2.09. The maximum absolute atomic E-state index is 12.5. The fraction of sp³-hybridized carbons (Fsp3) is 0.333. The number of hydrogen-bond donors (Lipinski definition) is 1. The Bertz CT molecular complexity index is 352. The highest BCUT2D eigenvalue weighted by Gasteiger charge is 2.35. The van der Waals surface area contributed by atoms with Crippen molar-refractivity contribution in [2.75, 3.05) is 0 Å². The molecular weight excluding hydrogens is 268 g/mol. The predicted octanol–water partition coefficient (Wildman–Crippen LogP) is 3.73. The van der Waals surface area contributed by atoms with E-state index < -0.39 is 11.5 Å². The van der Waals surface area contributed by atoms with E-state index >= 15 is 0 Å². The Morgan fingerprint density at radius 2 is 1.93 bits per heavy atom. The van der Waals surface area contributed by atoms with Crippen molar-refractivity contribution in [3.63, 3.8) is 0 Å². The Labute approximate surface area is 101 Å². The lowest BCUT2D eigenvalue weighted by Crippen LogP contribution is -2.29. The molecule has 84 valence electrons. The molecule has 1 nitrogen and oxygen atoms in total. The summed E-state index contributed by atoms with van der Waals surface area (Å²) in [5, 5.41) is 6.02. The maximum Gasteiger partial charge on any atom is 0.347 e. The van der Waals surface area contributed by atoms with Crippen LogP contribution in [0.2, 0.25) is 10.0 Å². The molecule has 0 fully saturated rings. The first-order valence-corrected chi connectivity index (χ1v) is 5.13. The molecule has 0 saturated carbocycles. The van der Waals surface area contributed by atoms with Gasteiger partial charge in [0.05, 0.1) is 0 Å². The SMILES string of the molecule is OC(Cc1cc(Cl)ccc1Cl)C(F)(F)Cl. The summed E-state index contributed by atoms with van der Waals surface area (Å²) < 4.78 is 24.9. The number of rotatable bonds is 3. The fourth-order valence-corrected chi connectivity index (χ4v) is 1.49. The lowest BCUT2D eigenvalue weighted by molar-refractivity contribution is -0.0397. The molecule has 1 aromatic rings. The largest absolute Gasteiger partial charge is 0.385 e. The molecule has 1 rings (SSSR count). The van der Waals surface area contributed by atoms with Gasteiger partial charge in [-0.15, -0.1) is 0 Å². The molecule has 0 saturated heterocycles. The molecule has 6 heteroatoms. The smallest absolute Gasteiger partial charge is 0.347 e. The van der Waals surface area contributed by atoms with Crippen LogP contribution >= 0.6 is 34.8 Å². The second-order valence-corrected chi connectivity index (χ2v) is 4.34. The van der Waals surface area contributed by atoms with Crippen LogP contribution in [0.5, 0.6) is 0 Å². The van der Waals surface area contributed by atoms with Gasteiger partial charge in [0.25, 0.3) is 0 Å². The fourth-order valence-electron chi connectivity index (χ4n) is 1.02. The van der Waals surface area contributed by atoms with Crippen LogP contribution in [-0.2, 0) is 6.42 Å². The summed E-state index contributed by atoms with van der Waals surface area (Å²) in [4.78, 5) is 0. The Hall–Kier alpha value is -0.0900. The number of hydrogen-bond acceptors (Lipinski definition) is 1. The molecule has 0 heterocycles. The highest BCUT2D eigenvalue weighted by molar-refractivity contribution is 6.33. The number of benzene rings is 1. The molecule has 0 amide bonds. The zero-order chi connectivity index (χ0) is 11.6. The van der Waals surface area contributed by atoms with Gasteiger partial charge in [0.15, 0.2) is 0 Å². The summed E-state index contributed by atoms with van der Waals surface area (Å²) in [5.41, 5.74) is 0.331. The lowest BCUT2D eigenvalue weighted by Gasteiger charge is -2.16. The quantitative estimate of drug-likeness (QED) is 0.834. The second kappa shape index (κ2) is 4.83. The van der Waals surface area contributed by atoms with Gasteiger partial charge in [-0.05, 0) is 35.4 Å². The molecule has 1 atom stereocenters. The first-order chi connectivity index (χ1) is 6.80. The van der Waals surface area contributed by atoms with E-state index in [1.54, 1.807) is 0 Å². The third kappa shape index (κ3) is 3.76. The van der Waals surface area contributed by atoms with Crippen LogP contribution in [0.4, 0.5) is 8.78 Å². The van der Waals surface area contributed by atoms with Gasteiger partial charge in [0.2, 0.25) is 0 Å². The second-order valence-electron chi connectivity index (χ2n) is 3.00. The van der Waals surface area contributed by atoms with Crippen molar-refractivity contribution in [2.45, 2.75) is 17.9 Å². The average molecular weight is 276 g/mol. The molecule has 0 aliphatic heterocycles. The highest BCUT2D eigenvalue weighted by atomic mass is 35.5. The Balaban J connectivity index is 2.85. The van der Waals surface area contributed by atoms with Crippen molar-refractivity contribution in [2.24, 2.45) is 0 Å². The number of aliphatic hydroxyl groups excluding tert-OH is 1. The van der Waals surface area contributed by atoms with Gasteiger partial charge < -0.3 is 5.11 Å². The first kappa shape index (κ1) is 13.0. The zero-order valence-corrected chi connectivity index (χ0v) is 9.62. The van der Waals surface area contributed by atoms with E-state index in [0.29, 0.717) is 10.6 Å². The summed E-state index contributed by atoms with van der Waals surface area (Å²) >= 11 is 16.1. The minimum Gasteiger partial charge on any atom is -0.385 e. The molecule has 15 heavy (non-hydrogen) atoms. The molecule has 1 N–H and O–H groups in total. The maximum atomic E-state index is 12.5. The van der Waals surface area contributed by atoms with Gasteiger partial charge >= 0.3 is 5.38 Å². The van der Waals surface area contributed by atoms with Crippen LogP contribution in [0.1, 0.15) is 5.56 Å². The van der Waals surface area contributed by atoms with E-state index in [0.717, 1.165) is 0 Å². The van der Waals surface area contributed by atoms with Crippen LogP contribution in [0.3, 0.4) is 0 Å². The minimum absolute atomic E-state index is 0.263. The van der Waals surface area contributed by atoms with E-state index in [1.807, 2.05) is 0 Å². The van der Waals surface area contributed by atoms with Crippen molar-refractivity contribution in [3.8, 4) is 0 Å². The molecular formula is C9H7Cl3F2O. The molecule has 0 aromatic heterocycles. The van der Waals surface area contributed by atoms with Gasteiger partial charge in [-0.2, -0.15) is 8.78 Å². The first-order valence-electron chi connectivity index (χ1n) is 3.99. The van der Waals surface area contributed by atoms with Gasteiger partial charge in [-0.1, -0.05) is 23.2 Å². The van der Waals surface area contributed by atoms with Gasteiger partial charge in [0.1, 0.15) is 6.10 Å². The zero-order valence-electron chi connectivity index (χ0n) is 7.35. The van der Waals surface area contributed by atoms with Crippen LogP contribution in [-0.4, -0.2) is 16.6 Å². The van der Waals surface area contributed by atoms with Crippen LogP contribution in [0.15, 0.2) is 18.2 Å². The lowest BCUT2D eigenvalue weighted by atomic mass is 10.1. The molecule has 0 spiro atoms. The molecule has 0 aliphatic carbocycles. The highest BCUT2D eigenvalue weighted by Crippen LogP contribution is 2.29. The van der Waals surface area contributed by atoms with Gasteiger partial charge in [0, 0.05) is 16.5 Å². The summed E-state index contributed by atoms with van der Waals surface area (Å²) in [6.45, 7) is 0. The number of aliphatic hydroxyl groups is 1. The van der Waals surface area contributed by atoms with Crippen LogP contribution in [0.25, 0.3) is 0 Å². The van der Waals surface area contributed by atoms with Crippen molar-refractivity contribution >= 4 is 34.8 Å². The van der Waals surface area contributed by atoms with E-state index in [1.165, 1.54) is 18.2 Å². The number of halogens is 5. The Morgan fingerprint density at radius 1 is 1.33 bits per heavy atom. The van der Waals surface area contributed by atoms with Crippen LogP contribution in [0, 0.1) is 0 Å². The van der Waals surface area contributed by atoms with E-state index in [2.05, 4.69) is 11.6 Å². The molecule has 0 bridgehead atoms. The number of alkyl halides is 3. The van der Waals surface area contributed by atoms with E-state index in [9.17, 15) is 8.78 Å². The summed E-state index contributed by atoms with van der Waals surface area (Å²) in [6, 6.07) is 4.41. The summed E-state index contributed by atoms with van der Waals surface area (Å²) in [5.74, 6) is 0. The molecule has 1 unspecified atom stereocenters. The standard InChI is InChI=1S/C9H7Cl3F2O/c10-6-1-2-7(11)5(3-6)4-8(15)9(12,13)14/h1-3,8,15H,4H2. The Morgan fingerprint density at radius 3 is 2.47 bits per heavy atom. The third-order valence-electron chi connectivity index (χ3n) is 1.80. The molecule has 0 aliphatic rings. The van der Waals surface area contributed by atoms with Gasteiger partial charge in [-0.3, -0.25) is 0 Å². The van der Waals surface area contributed by atoms with Crippen molar-refractivity contribution in [3.05, 3.63) is 33.8 Å². The monoisotopic (exact) mass is 274 g/mol. The molecule has 1 aromatic carbocycles. The van der Waals surface area contributed by atoms with Crippen LogP contribution < -0.4 is 0 Å². The van der Waals surface area contributed by atoms with Crippen molar-refractivity contribution in [1.29, 1.82) is 0 Å². The normalized spacial score (nSPS) is 14.0. The van der Waals surface area contributed by atoms with Crippen molar-refractivity contribution in [1.82, 2.24) is 0 Å². The third-order valence-corrected chi connectivity index (χ3v) is 2.65. The van der Waals surface area contributed by atoms with E-state index in [4.69, 9.17) is 28.3 Å². The van der Waals surface area contributed by atoms with E-state index in [-0.39, 0.29) is 11.4 Å². The molecule has 0 radical (unpaired) electrons. The summed E-state index contributed by atoms with van der Waals surface area (Å²) in [7, 11) is 0. The predicted molar refractivity (Wildman–Crippen MR) is 57.0 cm³/mol. The topological polar surface area (TPSA) is 20.2 Å². The Kier molecular flexibility index (Phi) is 4.18. The summed E-state index contributed by atoms with van der Waals surface area (Å²) in [6.07, 6.45) is -2.34. The van der Waals surface area contributed by atoms with Crippen molar-refractivity contribution < 1.29 is 13.9 Å².